The van der Waals surface area contributed by atoms with E-state index in [9.17, 15) is 14.9 Å². The summed E-state index contributed by atoms with van der Waals surface area (Å²) in [5.74, 6) is -0.0427. The molecule has 0 spiro atoms. The van der Waals surface area contributed by atoms with Crippen molar-refractivity contribution in [2.75, 3.05) is 13.7 Å². The molecule has 1 N–H and O–H groups in total. The Morgan fingerprint density at radius 3 is 2.22 bits per heavy atom. The van der Waals surface area contributed by atoms with Crippen LogP contribution in [0.5, 0.6) is 17.2 Å². The number of ether oxygens (including phenoxy) is 3. The lowest BCUT2D eigenvalue weighted by Crippen LogP contribution is -2.24. The summed E-state index contributed by atoms with van der Waals surface area (Å²) in [7, 11) is 1.44. The Kier molecular flexibility index (Phi) is 10.3. The smallest absolute Gasteiger partial charge is 0.349 e. The molecule has 0 radical (unpaired) electrons. The highest BCUT2D eigenvalue weighted by molar-refractivity contribution is 6.01. The van der Waals surface area contributed by atoms with E-state index in [2.05, 4.69) is 39.9 Å². The van der Waals surface area contributed by atoms with Crippen LogP contribution in [0.15, 0.2) is 78.4 Å². The first-order valence-corrected chi connectivity index (χ1v) is 13.5. The van der Waals surface area contributed by atoms with E-state index in [1.807, 2.05) is 60.7 Å². The van der Waals surface area contributed by atoms with Gasteiger partial charge in [-0.05, 0) is 64.3 Å². The summed E-state index contributed by atoms with van der Waals surface area (Å²) in [6, 6.07) is 23.9. The highest BCUT2D eigenvalue weighted by Crippen LogP contribution is 2.36. The third-order valence-electron chi connectivity index (χ3n) is 6.35. The molecule has 0 aliphatic rings. The minimum atomic E-state index is -0.596. The summed E-state index contributed by atoms with van der Waals surface area (Å²) < 4.78 is 16.5. The van der Waals surface area contributed by atoms with Crippen LogP contribution >= 0.6 is 0 Å². The van der Waals surface area contributed by atoms with Crippen molar-refractivity contribution in [1.29, 1.82) is 5.26 Å². The van der Waals surface area contributed by atoms with Crippen LogP contribution in [-0.4, -0.2) is 25.6 Å². The summed E-state index contributed by atoms with van der Waals surface area (Å²) >= 11 is 0. The Hall–Kier alpha value is -4.57. The normalized spacial score (nSPS) is 11.8. The predicted octanol–water partition coefficient (Wildman–Crippen LogP) is 6.62. The first-order valence-electron chi connectivity index (χ1n) is 13.5. The van der Waals surface area contributed by atoms with Crippen molar-refractivity contribution >= 4 is 18.0 Å². The zero-order valence-corrected chi connectivity index (χ0v) is 24.6. The lowest BCUT2D eigenvalue weighted by atomic mass is 9.72. The van der Waals surface area contributed by atoms with Gasteiger partial charge >= 0.3 is 5.97 Å². The summed E-state index contributed by atoms with van der Waals surface area (Å²) in [6.07, 6.45) is 2.48. The molecule has 214 valence electrons. The zero-order valence-electron chi connectivity index (χ0n) is 24.6. The monoisotopic (exact) mass is 554 g/mol. The van der Waals surface area contributed by atoms with Crippen molar-refractivity contribution in [2.24, 2.45) is 5.41 Å². The molecule has 41 heavy (non-hydrogen) atoms. The van der Waals surface area contributed by atoms with E-state index in [0.717, 1.165) is 12.0 Å². The third kappa shape index (κ3) is 9.54. The number of carbonyl (C=O) groups is 2. The van der Waals surface area contributed by atoms with Crippen molar-refractivity contribution in [1.82, 2.24) is 5.32 Å². The van der Waals surface area contributed by atoms with Crippen molar-refractivity contribution < 1.29 is 23.8 Å². The second-order valence-corrected chi connectivity index (χ2v) is 11.7. The Morgan fingerprint density at radius 1 is 0.927 bits per heavy atom. The molecule has 0 bridgehead atoms. The van der Waals surface area contributed by atoms with E-state index in [1.54, 1.807) is 18.2 Å². The number of hydrogen-bond donors (Lipinski definition) is 1. The fourth-order valence-electron chi connectivity index (χ4n) is 4.77. The summed E-state index contributed by atoms with van der Waals surface area (Å²) in [6.45, 7) is 11.2. The van der Waals surface area contributed by atoms with Gasteiger partial charge in [-0.3, -0.25) is 4.79 Å². The van der Waals surface area contributed by atoms with Crippen LogP contribution in [0.1, 0.15) is 57.7 Å². The summed E-state index contributed by atoms with van der Waals surface area (Å²) in [4.78, 5) is 25.0. The molecule has 1 amide bonds. The topological polar surface area (TPSA) is 97.6 Å². The van der Waals surface area contributed by atoms with Crippen LogP contribution in [0.4, 0.5) is 0 Å². The Morgan fingerprint density at radius 2 is 1.61 bits per heavy atom. The molecule has 7 heteroatoms. The van der Waals surface area contributed by atoms with Crippen LogP contribution in [0.3, 0.4) is 0 Å². The number of hydrogen-bond acceptors (Lipinski definition) is 6. The van der Waals surface area contributed by atoms with E-state index in [0.29, 0.717) is 17.9 Å². The van der Waals surface area contributed by atoms with Gasteiger partial charge in [-0.15, -0.1) is 0 Å². The molecule has 0 atom stereocenters. The molecular weight excluding hydrogens is 516 g/mol. The summed E-state index contributed by atoms with van der Waals surface area (Å²) in [5.41, 5.74) is 2.81. The maximum absolute atomic E-state index is 12.5. The van der Waals surface area contributed by atoms with Gasteiger partial charge in [0.1, 0.15) is 17.4 Å². The number of nitrogens with zero attached hydrogens (tertiary/aromatic N) is 1. The quantitative estimate of drug-likeness (QED) is 0.124. The highest BCUT2D eigenvalue weighted by atomic mass is 16.6. The molecule has 0 saturated heterocycles. The van der Waals surface area contributed by atoms with Gasteiger partial charge in [-0.1, -0.05) is 83.1 Å². The number of methoxy groups -OCH3 is 1. The van der Waals surface area contributed by atoms with E-state index in [-0.39, 0.29) is 34.5 Å². The maximum Gasteiger partial charge on any atom is 0.349 e. The Bertz CT molecular complexity index is 1410. The van der Waals surface area contributed by atoms with Crippen molar-refractivity contribution in [3.8, 4) is 23.3 Å². The fraction of sp³-hybridized carbons (Fsp3) is 0.324. The van der Waals surface area contributed by atoms with Gasteiger partial charge in [0.2, 0.25) is 0 Å². The molecule has 3 aromatic rings. The van der Waals surface area contributed by atoms with Gasteiger partial charge in [0.05, 0.1) is 7.11 Å². The van der Waals surface area contributed by atoms with E-state index in [4.69, 9.17) is 14.2 Å². The lowest BCUT2D eigenvalue weighted by Gasteiger charge is -2.33. The first kappa shape index (κ1) is 31.0. The number of esters is 1. The number of rotatable bonds is 11. The zero-order chi connectivity index (χ0) is 30.0. The number of nitriles is 1. The first-order chi connectivity index (χ1) is 19.4. The third-order valence-corrected chi connectivity index (χ3v) is 6.35. The summed E-state index contributed by atoms with van der Waals surface area (Å²) in [5, 5.41) is 12.3. The fourth-order valence-corrected chi connectivity index (χ4v) is 4.77. The van der Waals surface area contributed by atoms with E-state index < -0.39 is 11.9 Å². The SMILES string of the molecule is COc1cc(/C=C(\C#N)C(=O)NCc2ccccc2)ccc1OC(=O)COc1ccc(C(C)(C)CC(C)(C)C)cc1. The molecule has 3 aromatic carbocycles. The van der Waals surface area contributed by atoms with Gasteiger partial charge in [-0.25, -0.2) is 4.79 Å². The maximum atomic E-state index is 12.5. The van der Waals surface area contributed by atoms with Crippen LogP contribution in [0.2, 0.25) is 0 Å². The predicted molar refractivity (Wildman–Crippen MR) is 160 cm³/mol. The van der Waals surface area contributed by atoms with Gasteiger partial charge in [0, 0.05) is 6.54 Å². The van der Waals surface area contributed by atoms with Crippen molar-refractivity contribution in [3.63, 3.8) is 0 Å². The van der Waals surface area contributed by atoms with E-state index in [1.165, 1.54) is 18.7 Å². The number of carbonyl (C=O) groups excluding carboxylic acids is 2. The molecule has 7 nitrogen and oxygen atoms in total. The lowest BCUT2D eigenvalue weighted by molar-refractivity contribution is -0.136. The number of nitrogens with one attached hydrogen (secondary N) is 1. The highest BCUT2D eigenvalue weighted by Gasteiger charge is 2.27. The second-order valence-electron chi connectivity index (χ2n) is 11.7. The van der Waals surface area contributed by atoms with Crippen LogP contribution in [0.25, 0.3) is 6.08 Å². The minimum absolute atomic E-state index is 0.00752. The van der Waals surface area contributed by atoms with E-state index >= 15 is 0 Å². The molecule has 0 aliphatic heterocycles. The molecule has 0 heterocycles. The second kappa shape index (κ2) is 13.7. The molecular formula is C34H38N2O5. The Labute approximate surface area is 242 Å². The molecule has 0 saturated carbocycles. The standard InChI is InChI=1S/C34H38N2O5/c1-33(2,3)23-34(4,5)27-13-15-28(16-14-27)40-22-31(37)41-29-17-12-25(19-30(29)39-6)18-26(20-35)32(38)36-21-24-10-8-7-9-11-24/h7-19H,21-23H2,1-6H3,(H,36,38)/b26-18+. The van der Waals surface area contributed by atoms with Crippen LogP contribution in [-0.2, 0) is 21.5 Å². The molecule has 0 fully saturated rings. The molecule has 0 unspecified atom stereocenters. The van der Waals surface area contributed by atoms with Gasteiger partial charge in [0.25, 0.3) is 5.91 Å². The van der Waals surface area contributed by atoms with Crippen molar-refractivity contribution in [3.05, 3.63) is 95.1 Å². The van der Waals surface area contributed by atoms with Gasteiger partial charge in [0.15, 0.2) is 18.1 Å². The average Bonchev–Trinajstić information content (AvgIpc) is 2.93. The number of benzene rings is 3. The molecule has 3 rings (SSSR count). The van der Waals surface area contributed by atoms with Crippen molar-refractivity contribution in [2.45, 2.75) is 53.0 Å². The average molecular weight is 555 g/mol. The largest absolute Gasteiger partial charge is 0.493 e. The van der Waals surface area contributed by atoms with Gasteiger partial charge in [-0.2, -0.15) is 5.26 Å². The van der Waals surface area contributed by atoms with Gasteiger partial charge < -0.3 is 19.5 Å². The minimum Gasteiger partial charge on any atom is -0.493 e. The van der Waals surface area contributed by atoms with Crippen LogP contribution in [0, 0.1) is 16.7 Å². The Balaban J connectivity index is 1.60. The molecule has 0 aliphatic carbocycles. The number of amides is 1. The van der Waals surface area contributed by atoms with Crippen LogP contribution < -0.4 is 19.5 Å². The molecule has 0 aromatic heterocycles.